The van der Waals surface area contributed by atoms with Crippen LogP contribution < -0.4 is 21.7 Å². The average Bonchev–Trinajstić information content (AvgIpc) is 2.51. The third-order valence-electron chi connectivity index (χ3n) is 2.41. The number of nitrogens with two attached hydrogens (primary N) is 2. The molecule has 0 aliphatic heterocycles. The smallest absolute Gasteiger partial charge is 0.127 e. The van der Waals surface area contributed by atoms with Gasteiger partial charge in [-0.2, -0.15) is 0 Å². The zero-order chi connectivity index (χ0) is 14.8. The van der Waals surface area contributed by atoms with E-state index in [1.807, 2.05) is 68.4 Å². The Kier molecular flexibility index (Phi) is 6.71. The van der Waals surface area contributed by atoms with Crippen LogP contribution >= 0.6 is 0 Å². The third kappa shape index (κ3) is 4.66. The minimum atomic E-state index is 0.573. The van der Waals surface area contributed by atoms with Crippen molar-refractivity contribution in [2.45, 2.75) is 13.8 Å². The van der Waals surface area contributed by atoms with Gasteiger partial charge in [0.2, 0.25) is 0 Å². The highest BCUT2D eigenvalue weighted by Gasteiger charge is 1.99. The van der Waals surface area contributed by atoms with Gasteiger partial charge in [0.1, 0.15) is 11.5 Å². The van der Waals surface area contributed by atoms with Crippen LogP contribution in [0.1, 0.15) is 19.4 Å². The van der Waals surface area contributed by atoms with Gasteiger partial charge >= 0.3 is 0 Å². The molecule has 0 aliphatic carbocycles. The van der Waals surface area contributed by atoms with Crippen molar-refractivity contribution in [3.05, 3.63) is 66.4 Å². The van der Waals surface area contributed by atoms with Gasteiger partial charge in [0, 0.05) is 6.20 Å². The molecule has 0 radical (unpaired) electrons. The molecule has 20 heavy (non-hydrogen) atoms. The van der Waals surface area contributed by atoms with Gasteiger partial charge in [-0.25, -0.2) is 0 Å². The molecule has 0 heterocycles. The molecule has 0 unspecified atom stereocenters. The first-order chi connectivity index (χ1) is 9.79. The van der Waals surface area contributed by atoms with Gasteiger partial charge < -0.3 is 15.9 Å². The molecule has 106 valence electrons. The Labute approximate surface area is 120 Å². The molecule has 2 rings (SSSR count). The highest BCUT2D eigenvalue weighted by atomic mass is 16.5. The van der Waals surface area contributed by atoms with Crippen LogP contribution in [-0.2, 0) is 0 Å². The van der Waals surface area contributed by atoms with Gasteiger partial charge in [-0.15, -0.1) is 0 Å². The van der Waals surface area contributed by atoms with Gasteiger partial charge in [-0.05, 0) is 42.0 Å². The van der Waals surface area contributed by atoms with Crippen LogP contribution in [0.3, 0.4) is 0 Å². The first-order valence-corrected chi connectivity index (χ1v) is 6.54. The van der Waals surface area contributed by atoms with Crippen LogP contribution in [0.25, 0.3) is 5.70 Å². The van der Waals surface area contributed by atoms with E-state index in [-0.39, 0.29) is 0 Å². The lowest BCUT2D eigenvalue weighted by molar-refractivity contribution is 0.482. The zero-order valence-electron chi connectivity index (χ0n) is 11.8. The molecule has 2 aromatic rings. The topological polar surface area (TPSA) is 73.3 Å². The minimum Gasteiger partial charge on any atom is -0.457 e. The van der Waals surface area contributed by atoms with Crippen molar-refractivity contribution in [2.75, 3.05) is 0 Å². The number of rotatable bonds is 4. The highest BCUT2D eigenvalue weighted by molar-refractivity contribution is 5.62. The Morgan fingerprint density at radius 1 is 0.950 bits per heavy atom. The lowest BCUT2D eigenvalue weighted by atomic mass is 10.2. The standard InChI is InChI=1S/C14H15N3O.C2H6/c15-14(10-17-16)11-6-8-13(9-7-11)18-12-4-2-1-3-5-12;1-2/h1-10,17H,15-16H2;1-2H3/b14-10-;. The molecule has 0 saturated carbocycles. The average molecular weight is 271 g/mol. The zero-order valence-corrected chi connectivity index (χ0v) is 11.8. The number of hydrogen-bond donors (Lipinski definition) is 3. The molecule has 0 fully saturated rings. The van der Waals surface area contributed by atoms with Crippen molar-refractivity contribution in [1.82, 2.24) is 5.43 Å². The first kappa shape index (κ1) is 15.6. The van der Waals surface area contributed by atoms with E-state index in [4.69, 9.17) is 16.3 Å². The Balaban J connectivity index is 0.000000956. The second-order valence-electron chi connectivity index (χ2n) is 3.71. The summed E-state index contributed by atoms with van der Waals surface area (Å²) in [6.07, 6.45) is 1.53. The number of para-hydroxylation sites is 1. The van der Waals surface area contributed by atoms with E-state index in [0.717, 1.165) is 17.1 Å². The van der Waals surface area contributed by atoms with E-state index in [2.05, 4.69) is 5.43 Å². The summed E-state index contributed by atoms with van der Waals surface area (Å²) in [6.45, 7) is 4.00. The fourth-order valence-electron chi connectivity index (χ4n) is 1.51. The van der Waals surface area contributed by atoms with Gasteiger partial charge in [0.25, 0.3) is 0 Å². The number of benzene rings is 2. The van der Waals surface area contributed by atoms with Crippen molar-refractivity contribution in [3.8, 4) is 11.5 Å². The van der Waals surface area contributed by atoms with Crippen molar-refractivity contribution in [1.29, 1.82) is 0 Å². The first-order valence-electron chi connectivity index (χ1n) is 6.54. The van der Waals surface area contributed by atoms with E-state index in [1.165, 1.54) is 6.20 Å². The second kappa shape index (κ2) is 8.61. The molecule has 2 aromatic carbocycles. The van der Waals surface area contributed by atoms with Crippen LogP contribution in [-0.4, -0.2) is 0 Å². The maximum atomic E-state index is 5.79. The third-order valence-corrected chi connectivity index (χ3v) is 2.41. The number of hydrogen-bond acceptors (Lipinski definition) is 4. The largest absolute Gasteiger partial charge is 0.457 e. The molecule has 5 N–H and O–H groups in total. The minimum absolute atomic E-state index is 0.573. The predicted molar refractivity (Wildman–Crippen MR) is 83.8 cm³/mol. The lowest BCUT2D eigenvalue weighted by Gasteiger charge is -2.07. The Hall–Kier alpha value is -2.46. The molecular weight excluding hydrogens is 250 g/mol. The molecule has 0 bridgehead atoms. The van der Waals surface area contributed by atoms with Gasteiger partial charge in [0.05, 0.1) is 5.70 Å². The van der Waals surface area contributed by atoms with Crippen LogP contribution in [0.5, 0.6) is 11.5 Å². The molecule has 0 amide bonds. The van der Waals surface area contributed by atoms with Crippen molar-refractivity contribution in [2.24, 2.45) is 11.6 Å². The fourth-order valence-corrected chi connectivity index (χ4v) is 1.51. The molecule has 0 aromatic heterocycles. The fraction of sp³-hybridized carbons (Fsp3) is 0.125. The molecule has 0 atom stereocenters. The van der Waals surface area contributed by atoms with Crippen molar-refractivity contribution >= 4 is 5.70 Å². The summed E-state index contributed by atoms with van der Waals surface area (Å²) >= 11 is 0. The Bertz CT molecular complexity index is 521. The van der Waals surface area contributed by atoms with Gasteiger partial charge in [-0.1, -0.05) is 32.0 Å². The van der Waals surface area contributed by atoms with E-state index in [0.29, 0.717) is 5.70 Å². The summed E-state index contributed by atoms with van der Waals surface area (Å²) in [6, 6.07) is 17.1. The lowest BCUT2D eigenvalue weighted by Crippen LogP contribution is -2.16. The molecule has 4 nitrogen and oxygen atoms in total. The normalized spacial score (nSPS) is 10.2. The summed E-state index contributed by atoms with van der Waals surface area (Å²) in [5.41, 5.74) is 9.64. The van der Waals surface area contributed by atoms with Gasteiger partial charge in [-0.3, -0.25) is 5.84 Å². The maximum absolute atomic E-state index is 5.79. The SMILES string of the molecule is CC.NN/C=C(\N)c1ccc(Oc2ccccc2)cc1. The Morgan fingerprint density at radius 3 is 2.05 bits per heavy atom. The second-order valence-corrected chi connectivity index (χ2v) is 3.71. The van der Waals surface area contributed by atoms with Crippen LogP contribution in [0, 0.1) is 0 Å². The van der Waals surface area contributed by atoms with Gasteiger partial charge in [0.15, 0.2) is 0 Å². The van der Waals surface area contributed by atoms with Crippen molar-refractivity contribution < 1.29 is 4.74 Å². The highest BCUT2D eigenvalue weighted by Crippen LogP contribution is 2.22. The summed E-state index contributed by atoms with van der Waals surface area (Å²) in [5.74, 6) is 6.73. The molecule has 0 saturated heterocycles. The van der Waals surface area contributed by atoms with E-state index >= 15 is 0 Å². The van der Waals surface area contributed by atoms with Crippen LogP contribution in [0.2, 0.25) is 0 Å². The van der Waals surface area contributed by atoms with E-state index in [1.54, 1.807) is 0 Å². The number of ether oxygens (including phenoxy) is 1. The van der Waals surface area contributed by atoms with Crippen LogP contribution in [0.15, 0.2) is 60.8 Å². The molecule has 4 heteroatoms. The summed E-state index contributed by atoms with van der Waals surface area (Å²) in [5, 5.41) is 0. The summed E-state index contributed by atoms with van der Waals surface area (Å²) in [4.78, 5) is 0. The van der Waals surface area contributed by atoms with Crippen molar-refractivity contribution in [3.63, 3.8) is 0 Å². The quantitative estimate of drug-likeness (QED) is 0.589. The summed E-state index contributed by atoms with van der Waals surface area (Å²) < 4.78 is 5.67. The van der Waals surface area contributed by atoms with E-state index < -0.39 is 0 Å². The molecular formula is C16H21N3O. The maximum Gasteiger partial charge on any atom is 0.127 e. The predicted octanol–water partition coefficient (Wildman–Crippen LogP) is 3.23. The molecule has 0 aliphatic rings. The van der Waals surface area contributed by atoms with Crippen LogP contribution in [0.4, 0.5) is 0 Å². The van der Waals surface area contributed by atoms with E-state index in [9.17, 15) is 0 Å². The molecule has 0 spiro atoms. The number of nitrogens with one attached hydrogen (secondary N) is 1. The number of hydrazine groups is 1. The Morgan fingerprint density at radius 2 is 1.50 bits per heavy atom. The monoisotopic (exact) mass is 271 g/mol. The summed E-state index contributed by atoms with van der Waals surface area (Å²) in [7, 11) is 0.